The fourth-order valence-corrected chi connectivity index (χ4v) is 3.08. The molecule has 1 atom stereocenters. The van der Waals surface area contributed by atoms with Crippen LogP contribution in [0.5, 0.6) is 5.75 Å². The molecule has 1 heterocycles. The summed E-state index contributed by atoms with van der Waals surface area (Å²) in [5, 5.41) is 1.89. The molecular weight excluding hydrogens is 351 g/mol. The highest BCUT2D eigenvalue weighted by Gasteiger charge is 2.14. The van der Waals surface area contributed by atoms with Crippen LogP contribution < -0.4 is 9.54 Å². The summed E-state index contributed by atoms with van der Waals surface area (Å²) in [6.45, 7) is 4.32. The first kappa shape index (κ1) is 18.1. The first-order valence-electron chi connectivity index (χ1n) is 8.21. The van der Waals surface area contributed by atoms with Crippen LogP contribution >= 0.6 is 11.3 Å². The molecule has 3 aromatic rings. The van der Waals surface area contributed by atoms with Crippen molar-refractivity contribution in [2.75, 3.05) is 0 Å². The van der Waals surface area contributed by atoms with Gasteiger partial charge in [0.1, 0.15) is 11.6 Å². The van der Waals surface area contributed by atoms with Crippen LogP contribution in [0.4, 0.5) is 4.39 Å². The normalized spacial score (nSPS) is 12.8. The number of halogens is 1. The van der Waals surface area contributed by atoms with Gasteiger partial charge in [0, 0.05) is 18.1 Å². The largest absolute Gasteiger partial charge is 0.481 e. The van der Waals surface area contributed by atoms with Crippen LogP contribution in [0, 0.1) is 12.7 Å². The Balaban J connectivity index is 1.72. The summed E-state index contributed by atoms with van der Waals surface area (Å²) < 4.78 is 20.4. The summed E-state index contributed by atoms with van der Waals surface area (Å²) in [7, 11) is 0. The first-order chi connectivity index (χ1) is 12.5. The Labute approximate surface area is 155 Å². The number of amides is 1. The second kappa shape index (κ2) is 8.10. The highest BCUT2D eigenvalue weighted by atomic mass is 32.1. The van der Waals surface area contributed by atoms with Gasteiger partial charge in [-0.3, -0.25) is 4.79 Å². The zero-order valence-electron chi connectivity index (χ0n) is 14.6. The lowest BCUT2D eigenvalue weighted by molar-refractivity contribution is -0.124. The molecule has 0 saturated heterocycles. The molecule has 134 valence electrons. The van der Waals surface area contributed by atoms with Crippen LogP contribution in [0.2, 0.25) is 0 Å². The molecule has 0 saturated carbocycles. The summed E-state index contributed by atoms with van der Waals surface area (Å²) in [5.41, 5.74) is 2.34. The molecule has 2 aromatic carbocycles. The van der Waals surface area contributed by atoms with Gasteiger partial charge < -0.3 is 9.30 Å². The molecule has 26 heavy (non-hydrogen) atoms. The molecule has 1 unspecified atom stereocenters. The van der Waals surface area contributed by atoms with Crippen LogP contribution in [0.25, 0.3) is 0 Å². The molecule has 1 aromatic heterocycles. The predicted octanol–water partition coefficient (Wildman–Crippen LogP) is 3.94. The van der Waals surface area contributed by atoms with E-state index in [1.54, 1.807) is 6.92 Å². The topological polar surface area (TPSA) is 43.6 Å². The van der Waals surface area contributed by atoms with E-state index in [2.05, 4.69) is 29.3 Å². The third-order valence-corrected chi connectivity index (χ3v) is 4.61. The van der Waals surface area contributed by atoms with Crippen LogP contribution in [-0.2, 0) is 11.3 Å². The minimum atomic E-state index is -0.754. The molecular formula is C20H19FN2O2S. The van der Waals surface area contributed by atoms with Gasteiger partial charge in [0.05, 0.1) is 0 Å². The lowest BCUT2D eigenvalue weighted by atomic mass is 10.1. The van der Waals surface area contributed by atoms with Gasteiger partial charge >= 0.3 is 0 Å². The van der Waals surface area contributed by atoms with Gasteiger partial charge in [0.25, 0.3) is 5.91 Å². The molecule has 6 heteroatoms. The van der Waals surface area contributed by atoms with Crippen LogP contribution in [0.1, 0.15) is 18.1 Å². The van der Waals surface area contributed by atoms with E-state index < -0.39 is 6.10 Å². The van der Waals surface area contributed by atoms with Crippen LogP contribution in [-0.4, -0.2) is 16.6 Å². The Hall–Kier alpha value is -2.73. The fourth-order valence-electron chi connectivity index (χ4n) is 2.35. The molecule has 0 aliphatic heterocycles. The first-order valence-corrected chi connectivity index (χ1v) is 9.09. The van der Waals surface area contributed by atoms with Gasteiger partial charge in [0.2, 0.25) is 0 Å². The number of hydrogen-bond donors (Lipinski definition) is 0. The van der Waals surface area contributed by atoms with E-state index in [0.717, 1.165) is 5.56 Å². The number of carbonyl (C=O) groups is 1. The molecule has 0 radical (unpaired) electrons. The monoisotopic (exact) mass is 370 g/mol. The van der Waals surface area contributed by atoms with E-state index in [1.165, 1.54) is 41.2 Å². The van der Waals surface area contributed by atoms with Crippen molar-refractivity contribution < 1.29 is 13.9 Å². The van der Waals surface area contributed by atoms with E-state index in [4.69, 9.17) is 4.74 Å². The van der Waals surface area contributed by atoms with Crippen molar-refractivity contribution in [3.05, 3.63) is 81.9 Å². The number of ether oxygens (including phenoxy) is 1. The lowest BCUT2D eigenvalue weighted by Gasteiger charge is -2.11. The van der Waals surface area contributed by atoms with Gasteiger partial charge in [-0.1, -0.05) is 29.8 Å². The summed E-state index contributed by atoms with van der Waals surface area (Å²) in [6, 6.07) is 13.8. The van der Waals surface area contributed by atoms with Crippen molar-refractivity contribution in [3.8, 4) is 5.75 Å². The second-order valence-corrected chi connectivity index (χ2v) is 6.84. The number of hydrogen-bond acceptors (Lipinski definition) is 3. The number of thiazole rings is 1. The highest BCUT2D eigenvalue weighted by Crippen LogP contribution is 2.13. The number of benzene rings is 2. The zero-order chi connectivity index (χ0) is 18.5. The maximum Gasteiger partial charge on any atom is 0.289 e. The average Bonchev–Trinajstić information content (AvgIpc) is 3.05. The Bertz CT molecular complexity index is 943. The van der Waals surface area contributed by atoms with E-state index in [9.17, 15) is 9.18 Å². The highest BCUT2D eigenvalue weighted by molar-refractivity contribution is 7.07. The third kappa shape index (κ3) is 4.67. The maximum absolute atomic E-state index is 12.9. The molecule has 0 fully saturated rings. The van der Waals surface area contributed by atoms with Crippen molar-refractivity contribution in [2.24, 2.45) is 4.99 Å². The molecule has 0 spiro atoms. The summed E-state index contributed by atoms with van der Waals surface area (Å²) >= 11 is 1.40. The van der Waals surface area contributed by atoms with Crippen LogP contribution in [0.15, 0.2) is 65.1 Å². The Morgan fingerprint density at radius 3 is 2.58 bits per heavy atom. The lowest BCUT2D eigenvalue weighted by Crippen LogP contribution is -2.26. The standard InChI is InChI=1S/C20H19FN2O2S/c1-14-3-5-16(6-4-14)13-23-11-12-26-20(23)22-19(24)15(2)25-18-9-7-17(21)8-10-18/h3-12,15H,13H2,1-2H3. The summed E-state index contributed by atoms with van der Waals surface area (Å²) in [5.74, 6) is -0.299. The molecule has 0 aliphatic carbocycles. The molecule has 3 rings (SSSR count). The molecule has 0 aliphatic rings. The zero-order valence-corrected chi connectivity index (χ0v) is 15.4. The van der Waals surface area contributed by atoms with Crippen molar-refractivity contribution in [1.82, 2.24) is 4.57 Å². The molecule has 4 nitrogen and oxygen atoms in total. The Morgan fingerprint density at radius 1 is 1.19 bits per heavy atom. The molecule has 1 amide bonds. The minimum Gasteiger partial charge on any atom is -0.481 e. The van der Waals surface area contributed by atoms with Gasteiger partial charge in [-0.25, -0.2) is 4.39 Å². The van der Waals surface area contributed by atoms with Crippen molar-refractivity contribution in [1.29, 1.82) is 0 Å². The van der Waals surface area contributed by atoms with E-state index in [1.807, 2.05) is 23.1 Å². The van der Waals surface area contributed by atoms with Crippen molar-refractivity contribution >= 4 is 17.2 Å². The maximum atomic E-state index is 12.9. The number of aromatic nitrogens is 1. The number of rotatable bonds is 5. The SMILES string of the molecule is Cc1ccc(Cn2ccsc2=NC(=O)C(C)Oc2ccc(F)cc2)cc1. The van der Waals surface area contributed by atoms with Crippen molar-refractivity contribution in [2.45, 2.75) is 26.5 Å². The third-order valence-electron chi connectivity index (χ3n) is 3.81. The smallest absolute Gasteiger partial charge is 0.289 e. The van der Waals surface area contributed by atoms with E-state index in [0.29, 0.717) is 17.1 Å². The minimum absolute atomic E-state index is 0.350. The van der Waals surface area contributed by atoms with Gasteiger partial charge in [-0.2, -0.15) is 4.99 Å². The molecule has 0 bridgehead atoms. The Kier molecular flexibility index (Phi) is 5.63. The van der Waals surface area contributed by atoms with Gasteiger partial charge in [-0.05, 0) is 43.7 Å². The number of nitrogens with zero attached hydrogens (tertiary/aromatic N) is 2. The van der Waals surface area contributed by atoms with Gasteiger partial charge in [0.15, 0.2) is 10.9 Å². The second-order valence-electron chi connectivity index (χ2n) is 5.96. The van der Waals surface area contributed by atoms with E-state index >= 15 is 0 Å². The van der Waals surface area contributed by atoms with E-state index in [-0.39, 0.29) is 11.7 Å². The molecule has 0 N–H and O–H groups in total. The number of aryl methyl sites for hydroxylation is 1. The van der Waals surface area contributed by atoms with Crippen molar-refractivity contribution in [3.63, 3.8) is 0 Å². The quantitative estimate of drug-likeness (QED) is 0.683. The average molecular weight is 370 g/mol. The van der Waals surface area contributed by atoms with Gasteiger partial charge in [-0.15, -0.1) is 11.3 Å². The summed E-state index contributed by atoms with van der Waals surface area (Å²) in [4.78, 5) is 17.2. The Morgan fingerprint density at radius 2 is 1.88 bits per heavy atom. The fraction of sp³-hybridized carbons (Fsp3) is 0.200. The van der Waals surface area contributed by atoms with Crippen LogP contribution in [0.3, 0.4) is 0 Å². The predicted molar refractivity (Wildman–Crippen MR) is 99.7 cm³/mol. The number of carbonyl (C=O) groups excluding carboxylic acids is 1. The summed E-state index contributed by atoms with van der Waals surface area (Å²) in [6.07, 6.45) is 1.15.